The number of aromatic nitrogens is 2. The van der Waals surface area contributed by atoms with Crippen LogP contribution in [-0.2, 0) is 0 Å². The minimum absolute atomic E-state index is 0.0151. The summed E-state index contributed by atoms with van der Waals surface area (Å²) in [5, 5.41) is 3.11. The molecule has 1 aliphatic heterocycles. The van der Waals surface area contributed by atoms with Gasteiger partial charge in [0.1, 0.15) is 5.82 Å². The predicted molar refractivity (Wildman–Crippen MR) is 107 cm³/mol. The number of hydrogen-bond donors (Lipinski definition) is 1. The number of halogens is 1. The first kappa shape index (κ1) is 18.1. The Balaban J connectivity index is 1.52. The molecular formula is C22H21FN4O. The van der Waals surface area contributed by atoms with Gasteiger partial charge in [0.25, 0.3) is 5.91 Å². The number of rotatable bonds is 4. The zero-order valence-electron chi connectivity index (χ0n) is 15.4. The number of nitrogens with one attached hydrogen (secondary N) is 1. The highest BCUT2D eigenvalue weighted by atomic mass is 19.1. The first-order chi connectivity index (χ1) is 13.7. The van der Waals surface area contributed by atoms with Crippen LogP contribution in [-0.4, -0.2) is 35.0 Å². The molecule has 0 bridgehead atoms. The van der Waals surface area contributed by atoms with E-state index in [0.717, 1.165) is 19.4 Å². The van der Waals surface area contributed by atoms with E-state index in [0.29, 0.717) is 29.2 Å². The Hall–Kier alpha value is -3.28. The molecule has 0 radical (unpaired) electrons. The molecule has 4 rings (SSSR count). The van der Waals surface area contributed by atoms with Crippen LogP contribution in [0.2, 0.25) is 0 Å². The minimum Gasteiger partial charge on any atom is -0.348 e. The van der Waals surface area contributed by atoms with Gasteiger partial charge in [0.2, 0.25) is 5.95 Å². The van der Waals surface area contributed by atoms with Gasteiger partial charge in [-0.05, 0) is 36.6 Å². The fourth-order valence-corrected chi connectivity index (χ4v) is 3.59. The summed E-state index contributed by atoms with van der Waals surface area (Å²) in [6, 6.07) is 15.4. The van der Waals surface area contributed by atoms with E-state index in [1.807, 2.05) is 6.07 Å². The van der Waals surface area contributed by atoms with Crippen LogP contribution in [0.4, 0.5) is 10.3 Å². The van der Waals surface area contributed by atoms with E-state index in [4.69, 9.17) is 0 Å². The molecule has 1 fully saturated rings. The molecule has 1 atom stereocenters. The second-order valence-electron chi connectivity index (χ2n) is 6.83. The van der Waals surface area contributed by atoms with Crippen molar-refractivity contribution >= 4 is 11.9 Å². The molecule has 5 nitrogen and oxygen atoms in total. The van der Waals surface area contributed by atoms with Crippen molar-refractivity contribution in [2.24, 2.45) is 0 Å². The van der Waals surface area contributed by atoms with Crippen LogP contribution in [0.5, 0.6) is 0 Å². The third kappa shape index (κ3) is 3.86. The Morgan fingerprint density at radius 2 is 1.71 bits per heavy atom. The third-order valence-corrected chi connectivity index (χ3v) is 4.93. The van der Waals surface area contributed by atoms with Gasteiger partial charge >= 0.3 is 0 Å². The van der Waals surface area contributed by atoms with Gasteiger partial charge in [0, 0.05) is 42.7 Å². The van der Waals surface area contributed by atoms with E-state index >= 15 is 0 Å². The molecule has 1 unspecified atom stereocenters. The van der Waals surface area contributed by atoms with Gasteiger partial charge in [0.15, 0.2) is 0 Å². The second-order valence-corrected chi connectivity index (χ2v) is 6.83. The third-order valence-electron chi connectivity index (χ3n) is 4.93. The summed E-state index contributed by atoms with van der Waals surface area (Å²) in [5.74, 6) is 0.140. The average molecular weight is 376 g/mol. The summed E-state index contributed by atoms with van der Waals surface area (Å²) in [6.07, 6.45) is 5.26. The summed E-state index contributed by atoms with van der Waals surface area (Å²) >= 11 is 0. The first-order valence-electron chi connectivity index (χ1n) is 9.39. The second kappa shape index (κ2) is 8.17. The van der Waals surface area contributed by atoms with Crippen molar-refractivity contribution in [3.05, 3.63) is 78.4 Å². The van der Waals surface area contributed by atoms with E-state index in [1.54, 1.807) is 54.9 Å². The largest absolute Gasteiger partial charge is 0.348 e. The Kier molecular flexibility index (Phi) is 5.28. The lowest BCUT2D eigenvalue weighted by Gasteiger charge is -2.33. The Labute approximate surface area is 163 Å². The number of nitrogens with zero attached hydrogens (tertiary/aromatic N) is 3. The minimum atomic E-state index is -0.340. The van der Waals surface area contributed by atoms with Gasteiger partial charge in [-0.25, -0.2) is 14.4 Å². The number of benzene rings is 2. The van der Waals surface area contributed by atoms with E-state index < -0.39 is 0 Å². The molecule has 1 saturated heterocycles. The first-order valence-corrected chi connectivity index (χ1v) is 9.39. The standard InChI is InChI=1S/C22H21FN4O/c23-20-11-4-3-9-18(20)17-8-1-2-10-19(17)21(28)26-16-7-5-14-27(15-16)22-24-12-6-13-25-22/h1-4,6,8-13,16H,5,7,14-15H2,(H,26,28). The lowest BCUT2D eigenvalue weighted by Crippen LogP contribution is -2.48. The number of anilines is 1. The topological polar surface area (TPSA) is 58.1 Å². The lowest BCUT2D eigenvalue weighted by molar-refractivity contribution is 0.0933. The highest BCUT2D eigenvalue weighted by Crippen LogP contribution is 2.26. The SMILES string of the molecule is O=C(NC1CCCN(c2ncccn2)C1)c1ccccc1-c1ccccc1F. The molecule has 2 aromatic carbocycles. The van der Waals surface area contributed by atoms with Gasteiger partial charge < -0.3 is 10.2 Å². The van der Waals surface area contributed by atoms with Crippen molar-refractivity contribution in [1.82, 2.24) is 15.3 Å². The number of amides is 1. The summed E-state index contributed by atoms with van der Waals surface area (Å²) in [6.45, 7) is 1.51. The molecule has 1 N–H and O–H groups in total. The van der Waals surface area contributed by atoms with Crippen molar-refractivity contribution in [1.29, 1.82) is 0 Å². The van der Waals surface area contributed by atoms with E-state index in [-0.39, 0.29) is 17.8 Å². The van der Waals surface area contributed by atoms with Gasteiger partial charge in [0.05, 0.1) is 0 Å². The van der Waals surface area contributed by atoms with Gasteiger partial charge in [-0.1, -0.05) is 36.4 Å². The van der Waals surface area contributed by atoms with Crippen LogP contribution >= 0.6 is 0 Å². The number of piperidine rings is 1. The molecule has 3 aromatic rings. The summed E-state index contributed by atoms with van der Waals surface area (Å²) < 4.78 is 14.3. The van der Waals surface area contributed by atoms with Crippen molar-refractivity contribution in [3.63, 3.8) is 0 Å². The zero-order chi connectivity index (χ0) is 19.3. The predicted octanol–water partition coefficient (Wildman–Crippen LogP) is 3.68. The van der Waals surface area contributed by atoms with Crippen molar-refractivity contribution in [3.8, 4) is 11.1 Å². The van der Waals surface area contributed by atoms with Gasteiger partial charge in [-0.2, -0.15) is 0 Å². The van der Waals surface area contributed by atoms with Crippen LogP contribution in [0.3, 0.4) is 0 Å². The molecule has 1 amide bonds. The number of carbonyl (C=O) groups excluding carboxylic acids is 1. The molecule has 1 aliphatic rings. The molecule has 1 aromatic heterocycles. The molecule has 2 heterocycles. The maximum absolute atomic E-state index is 14.3. The molecule has 142 valence electrons. The van der Waals surface area contributed by atoms with Crippen LogP contribution in [0.1, 0.15) is 23.2 Å². The summed E-state index contributed by atoms with van der Waals surface area (Å²) in [7, 11) is 0. The van der Waals surface area contributed by atoms with Crippen molar-refractivity contribution < 1.29 is 9.18 Å². The molecular weight excluding hydrogens is 355 g/mol. The molecule has 6 heteroatoms. The highest BCUT2D eigenvalue weighted by Gasteiger charge is 2.24. The quantitative estimate of drug-likeness (QED) is 0.755. The fourth-order valence-electron chi connectivity index (χ4n) is 3.59. The average Bonchev–Trinajstić information content (AvgIpc) is 2.75. The molecule has 0 aliphatic carbocycles. The number of carbonyl (C=O) groups is 1. The highest BCUT2D eigenvalue weighted by molar-refractivity contribution is 6.01. The molecule has 0 saturated carbocycles. The van der Waals surface area contributed by atoms with E-state index in [1.165, 1.54) is 6.07 Å². The van der Waals surface area contributed by atoms with Gasteiger partial charge in [-0.15, -0.1) is 0 Å². The van der Waals surface area contributed by atoms with E-state index in [9.17, 15) is 9.18 Å². The summed E-state index contributed by atoms with van der Waals surface area (Å²) in [5.41, 5.74) is 1.49. The van der Waals surface area contributed by atoms with E-state index in [2.05, 4.69) is 20.2 Å². The van der Waals surface area contributed by atoms with Crippen LogP contribution < -0.4 is 10.2 Å². The lowest BCUT2D eigenvalue weighted by atomic mass is 9.98. The number of hydrogen-bond acceptors (Lipinski definition) is 4. The Morgan fingerprint density at radius 3 is 2.50 bits per heavy atom. The van der Waals surface area contributed by atoms with Crippen LogP contribution in [0.25, 0.3) is 11.1 Å². The maximum Gasteiger partial charge on any atom is 0.252 e. The summed E-state index contributed by atoms with van der Waals surface area (Å²) in [4.78, 5) is 23.7. The van der Waals surface area contributed by atoms with Crippen LogP contribution in [0.15, 0.2) is 67.0 Å². The van der Waals surface area contributed by atoms with Crippen LogP contribution in [0, 0.1) is 5.82 Å². The normalized spacial score (nSPS) is 16.6. The maximum atomic E-state index is 14.3. The Morgan fingerprint density at radius 1 is 1.00 bits per heavy atom. The monoisotopic (exact) mass is 376 g/mol. The molecule has 28 heavy (non-hydrogen) atoms. The van der Waals surface area contributed by atoms with Gasteiger partial charge in [-0.3, -0.25) is 4.79 Å². The van der Waals surface area contributed by atoms with Crippen molar-refractivity contribution in [2.75, 3.05) is 18.0 Å². The zero-order valence-corrected chi connectivity index (χ0v) is 15.4. The fraction of sp³-hybridized carbons (Fsp3) is 0.227. The smallest absolute Gasteiger partial charge is 0.252 e. The molecule has 0 spiro atoms. The Bertz CT molecular complexity index is 964. The van der Waals surface area contributed by atoms with Crippen molar-refractivity contribution in [2.45, 2.75) is 18.9 Å².